The Morgan fingerprint density at radius 2 is 1.88 bits per heavy atom. The van der Waals surface area contributed by atoms with Gasteiger partial charge in [-0.2, -0.15) is 15.1 Å². The molecule has 2 aliphatic rings. The second kappa shape index (κ2) is 10.6. The van der Waals surface area contributed by atoms with Crippen LogP contribution in [0.25, 0.3) is 6.08 Å². The van der Waals surface area contributed by atoms with E-state index in [1.807, 2.05) is 51.1 Å². The summed E-state index contributed by atoms with van der Waals surface area (Å²) in [6, 6.07) is 13.2. The number of fused-ring (bicyclic) bond motifs is 1. The van der Waals surface area contributed by atoms with Gasteiger partial charge in [0.2, 0.25) is 5.17 Å². The molecule has 0 radical (unpaired) electrons. The van der Waals surface area contributed by atoms with Crippen molar-refractivity contribution in [2.24, 2.45) is 10.1 Å². The molecule has 176 valence electrons. The van der Waals surface area contributed by atoms with Crippen LogP contribution in [0.3, 0.4) is 0 Å². The summed E-state index contributed by atoms with van der Waals surface area (Å²) >= 11 is 1.32. The summed E-state index contributed by atoms with van der Waals surface area (Å²) in [4.78, 5) is 16.7. The number of hydrazone groups is 1. The van der Waals surface area contributed by atoms with Gasteiger partial charge in [-0.1, -0.05) is 25.1 Å². The Bertz CT molecular complexity index is 1210. The highest BCUT2D eigenvalue weighted by molar-refractivity contribution is 8.26. The third-order valence-electron chi connectivity index (χ3n) is 4.98. The van der Waals surface area contributed by atoms with Crippen LogP contribution in [-0.2, 0) is 4.79 Å². The van der Waals surface area contributed by atoms with Crippen LogP contribution in [0, 0.1) is 12.3 Å². The lowest BCUT2D eigenvalue weighted by Gasteiger charge is -2.20. The number of thioether (sulfide) groups is 1. The molecule has 9 heteroatoms. The minimum absolute atomic E-state index is 0.0116. The molecule has 34 heavy (non-hydrogen) atoms. The van der Waals surface area contributed by atoms with E-state index in [2.05, 4.69) is 10.1 Å². The number of ether oxygens (including phenoxy) is 3. The fourth-order valence-electron chi connectivity index (χ4n) is 3.36. The number of benzene rings is 2. The zero-order valence-electron chi connectivity index (χ0n) is 19.3. The molecule has 4 rings (SSSR count). The molecule has 2 aromatic rings. The van der Waals surface area contributed by atoms with Crippen LogP contribution >= 0.6 is 11.8 Å². The first-order valence-corrected chi connectivity index (χ1v) is 11.9. The van der Waals surface area contributed by atoms with E-state index < -0.39 is 5.91 Å². The highest BCUT2D eigenvalue weighted by Gasteiger charge is 2.35. The summed E-state index contributed by atoms with van der Waals surface area (Å²) in [6.07, 6.45) is 2.35. The molecular formula is C25H26N4O4S. The van der Waals surface area contributed by atoms with Crippen molar-refractivity contribution in [3.63, 3.8) is 0 Å². The minimum Gasteiger partial charge on any atom is -0.490 e. The van der Waals surface area contributed by atoms with Crippen molar-refractivity contribution in [2.75, 3.05) is 19.8 Å². The van der Waals surface area contributed by atoms with Gasteiger partial charge in [-0.05, 0) is 73.5 Å². The van der Waals surface area contributed by atoms with Gasteiger partial charge >= 0.3 is 0 Å². The zero-order chi connectivity index (χ0) is 24.1. The number of hydrogen-bond donors (Lipinski definition) is 1. The normalized spacial score (nSPS) is 16.3. The molecule has 0 atom stereocenters. The van der Waals surface area contributed by atoms with Crippen LogP contribution in [0.2, 0.25) is 0 Å². The van der Waals surface area contributed by atoms with Gasteiger partial charge in [0.25, 0.3) is 5.91 Å². The maximum Gasteiger partial charge on any atom is 0.283 e. The van der Waals surface area contributed by atoms with Gasteiger partial charge in [0.1, 0.15) is 24.0 Å². The van der Waals surface area contributed by atoms with Crippen LogP contribution in [0.4, 0.5) is 0 Å². The van der Waals surface area contributed by atoms with Gasteiger partial charge < -0.3 is 14.2 Å². The van der Waals surface area contributed by atoms with Crippen LogP contribution < -0.4 is 14.2 Å². The van der Waals surface area contributed by atoms with E-state index in [4.69, 9.17) is 19.6 Å². The molecule has 0 bridgehead atoms. The first-order valence-electron chi connectivity index (χ1n) is 11.1. The number of aliphatic imine (C=N–C) groups is 1. The SMILES string of the molecule is CCOc1cc(C=C2C(=N)N3N=C(CC)SC3=NC2=O)ccc1OCCOc1cccc(C)c1. The summed E-state index contributed by atoms with van der Waals surface area (Å²) in [5.74, 6) is 1.48. The Kier molecular flexibility index (Phi) is 7.32. The monoisotopic (exact) mass is 478 g/mol. The Morgan fingerprint density at radius 3 is 2.65 bits per heavy atom. The number of nitrogens with one attached hydrogen (secondary N) is 1. The van der Waals surface area contributed by atoms with Gasteiger partial charge in [-0.25, -0.2) is 0 Å². The standard InChI is InChI=1S/C25H26N4O4S/c1-4-22-28-29-23(26)19(24(30)27-25(29)34-22)14-17-9-10-20(21(15-17)31-5-2)33-12-11-32-18-8-6-7-16(3)13-18/h6-10,13-15,26H,4-5,11-12H2,1-3H3. The molecule has 0 saturated heterocycles. The van der Waals surface area contributed by atoms with Crippen molar-refractivity contribution in [3.05, 3.63) is 59.2 Å². The van der Waals surface area contributed by atoms with Crippen LogP contribution in [-0.4, -0.2) is 46.8 Å². The van der Waals surface area contributed by atoms with Gasteiger partial charge in [-0.3, -0.25) is 10.2 Å². The van der Waals surface area contributed by atoms with E-state index in [0.29, 0.717) is 42.1 Å². The lowest BCUT2D eigenvalue weighted by molar-refractivity contribution is -0.114. The first-order chi connectivity index (χ1) is 16.5. The van der Waals surface area contributed by atoms with Gasteiger partial charge in [0.05, 0.1) is 12.2 Å². The second-order valence-corrected chi connectivity index (χ2v) is 8.56. The highest BCUT2D eigenvalue weighted by Crippen LogP contribution is 2.32. The van der Waals surface area contributed by atoms with Crippen molar-refractivity contribution < 1.29 is 19.0 Å². The van der Waals surface area contributed by atoms with E-state index in [1.165, 1.54) is 16.8 Å². The number of carbonyl (C=O) groups excluding carboxylic acids is 1. The molecule has 0 aromatic heterocycles. The lowest BCUT2D eigenvalue weighted by atomic mass is 10.1. The minimum atomic E-state index is -0.456. The molecule has 0 saturated carbocycles. The maximum absolute atomic E-state index is 12.6. The molecular weight excluding hydrogens is 452 g/mol. The largest absolute Gasteiger partial charge is 0.490 e. The third kappa shape index (κ3) is 5.31. The van der Waals surface area contributed by atoms with E-state index in [1.54, 1.807) is 18.2 Å². The topological polar surface area (TPSA) is 96.6 Å². The molecule has 0 unspecified atom stereocenters. The Labute approximate surface area is 202 Å². The van der Waals surface area contributed by atoms with Crippen LogP contribution in [0.5, 0.6) is 17.2 Å². The zero-order valence-corrected chi connectivity index (χ0v) is 20.1. The number of nitrogens with zero attached hydrogens (tertiary/aromatic N) is 3. The van der Waals surface area contributed by atoms with Gasteiger partial charge in [0, 0.05) is 0 Å². The van der Waals surface area contributed by atoms with Crippen molar-refractivity contribution in [1.29, 1.82) is 5.41 Å². The molecule has 2 aromatic carbocycles. The van der Waals surface area contributed by atoms with Crippen molar-refractivity contribution in [2.45, 2.75) is 27.2 Å². The van der Waals surface area contributed by atoms with E-state index in [-0.39, 0.29) is 11.4 Å². The smallest absolute Gasteiger partial charge is 0.283 e. The number of carbonyl (C=O) groups is 1. The number of hydrogen-bond acceptors (Lipinski definition) is 7. The number of rotatable bonds is 9. The molecule has 1 amide bonds. The molecule has 0 fully saturated rings. The second-order valence-electron chi connectivity index (χ2n) is 7.52. The van der Waals surface area contributed by atoms with E-state index in [9.17, 15) is 4.79 Å². The quantitative estimate of drug-likeness (QED) is 0.408. The first kappa shape index (κ1) is 23.6. The average Bonchev–Trinajstić information content (AvgIpc) is 3.24. The van der Waals surface area contributed by atoms with Crippen molar-refractivity contribution >= 4 is 39.8 Å². The van der Waals surface area contributed by atoms with Crippen LogP contribution in [0.15, 0.2) is 58.1 Å². The Balaban J connectivity index is 1.46. The number of aryl methyl sites for hydroxylation is 1. The molecule has 0 aliphatic carbocycles. The molecule has 1 N–H and O–H groups in total. The fraction of sp³-hybridized carbons (Fsp3) is 0.280. The van der Waals surface area contributed by atoms with E-state index in [0.717, 1.165) is 22.8 Å². The molecule has 0 spiro atoms. The van der Waals surface area contributed by atoms with E-state index >= 15 is 0 Å². The maximum atomic E-state index is 12.6. The predicted octanol–water partition coefficient (Wildman–Crippen LogP) is 4.88. The van der Waals surface area contributed by atoms with Crippen molar-refractivity contribution in [1.82, 2.24) is 5.01 Å². The predicted molar refractivity (Wildman–Crippen MR) is 135 cm³/mol. The van der Waals surface area contributed by atoms with Gasteiger partial charge in [0.15, 0.2) is 17.3 Å². The fourth-order valence-corrected chi connectivity index (χ4v) is 4.18. The van der Waals surface area contributed by atoms with Crippen LogP contribution in [0.1, 0.15) is 31.4 Å². The molecule has 2 heterocycles. The Morgan fingerprint density at radius 1 is 1.06 bits per heavy atom. The highest BCUT2D eigenvalue weighted by atomic mass is 32.2. The lowest BCUT2D eigenvalue weighted by Crippen LogP contribution is -2.35. The Hall–Kier alpha value is -3.59. The van der Waals surface area contributed by atoms with Gasteiger partial charge in [-0.15, -0.1) is 0 Å². The number of amides is 1. The molecule has 8 nitrogen and oxygen atoms in total. The summed E-state index contributed by atoms with van der Waals surface area (Å²) in [6.45, 7) is 7.07. The summed E-state index contributed by atoms with van der Waals surface area (Å²) in [7, 11) is 0. The number of amidine groups is 2. The summed E-state index contributed by atoms with van der Waals surface area (Å²) in [5, 5.41) is 15.5. The average molecular weight is 479 g/mol. The summed E-state index contributed by atoms with van der Waals surface area (Å²) in [5.41, 5.74) is 2.01. The van der Waals surface area contributed by atoms with Crippen molar-refractivity contribution in [3.8, 4) is 17.2 Å². The summed E-state index contributed by atoms with van der Waals surface area (Å²) < 4.78 is 17.4. The third-order valence-corrected chi connectivity index (χ3v) is 6.03. The molecule has 2 aliphatic heterocycles.